The zero-order valence-electron chi connectivity index (χ0n) is 14.7. The van der Waals surface area contributed by atoms with Crippen molar-refractivity contribution in [1.29, 1.82) is 5.26 Å². The highest BCUT2D eigenvalue weighted by Gasteiger charge is 2.21. The first-order valence-electron chi connectivity index (χ1n) is 8.39. The molecule has 2 rings (SSSR count). The number of amides is 1. The average Bonchev–Trinajstić information content (AvgIpc) is 3.09. The summed E-state index contributed by atoms with van der Waals surface area (Å²) < 4.78 is 5.30. The molecule has 0 radical (unpaired) electrons. The minimum absolute atomic E-state index is 0.382. The highest BCUT2D eigenvalue weighted by molar-refractivity contribution is 7.14. The fourth-order valence-corrected chi connectivity index (χ4v) is 2.94. The van der Waals surface area contributed by atoms with Crippen molar-refractivity contribution in [3.8, 4) is 6.07 Å². The molecule has 136 valence electrons. The van der Waals surface area contributed by atoms with Crippen molar-refractivity contribution in [2.75, 3.05) is 17.2 Å². The third-order valence-corrected chi connectivity index (χ3v) is 4.50. The SMILES string of the molecule is CCCCNc1ccccc1C(=O)O[C@H](C)C(=O)Nc1sccc1C#N. The lowest BCUT2D eigenvalue weighted by atomic mass is 10.1. The summed E-state index contributed by atoms with van der Waals surface area (Å²) in [5, 5.41) is 17.0. The first-order valence-corrected chi connectivity index (χ1v) is 9.27. The molecule has 0 bridgehead atoms. The van der Waals surface area contributed by atoms with Gasteiger partial charge in [0, 0.05) is 12.2 Å². The molecule has 0 saturated carbocycles. The molecule has 1 aromatic heterocycles. The van der Waals surface area contributed by atoms with Gasteiger partial charge in [-0.2, -0.15) is 5.26 Å². The Bertz CT molecular complexity index is 810. The van der Waals surface area contributed by atoms with Crippen LogP contribution in [0.5, 0.6) is 0 Å². The number of para-hydroxylation sites is 1. The largest absolute Gasteiger partial charge is 0.449 e. The van der Waals surface area contributed by atoms with Gasteiger partial charge in [0.1, 0.15) is 11.1 Å². The third kappa shape index (κ3) is 5.07. The number of carbonyl (C=O) groups is 2. The second kappa shape index (κ2) is 9.59. The van der Waals surface area contributed by atoms with E-state index in [1.54, 1.807) is 23.6 Å². The minimum atomic E-state index is -0.986. The van der Waals surface area contributed by atoms with Crippen LogP contribution >= 0.6 is 11.3 Å². The number of rotatable bonds is 8. The maximum atomic E-state index is 12.4. The molecule has 2 N–H and O–H groups in total. The zero-order valence-corrected chi connectivity index (χ0v) is 15.6. The first-order chi connectivity index (χ1) is 12.6. The van der Waals surface area contributed by atoms with Crippen molar-refractivity contribution in [2.45, 2.75) is 32.8 Å². The first kappa shape index (κ1) is 19.5. The van der Waals surface area contributed by atoms with Crippen LogP contribution in [0.2, 0.25) is 0 Å². The van der Waals surface area contributed by atoms with E-state index in [1.807, 2.05) is 18.2 Å². The summed E-state index contributed by atoms with van der Waals surface area (Å²) in [4.78, 5) is 24.7. The maximum absolute atomic E-state index is 12.4. The molecule has 26 heavy (non-hydrogen) atoms. The number of esters is 1. The van der Waals surface area contributed by atoms with Gasteiger partial charge in [-0.1, -0.05) is 25.5 Å². The number of hydrogen-bond donors (Lipinski definition) is 2. The van der Waals surface area contributed by atoms with Crippen LogP contribution in [-0.2, 0) is 9.53 Å². The maximum Gasteiger partial charge on any atom is 0.341 e. The number of hydrogen-bond acceptors (Lipinski definition) is 6. The molecule has 0 aliphatic heterocycles. The van der Waals surface area contributed by atoms with E-state index in [1.165, 1.54) is 18.3 Å². The van der Waals surface area contributed by atoms with Crippen LogP contribution in [0.3, 0.4) is 0 Å². The summed E-state index contributed by atoms with van der Waals surface area (Å²) in [6, 6.07) is 10.7. The van der Waals surface area contributed by atoms with Crippen molar-refractivity contribution in [1.82, 2.24) is 0 Å². The Morgan fingerprint density at radius 3 is 2.81 bits per heavy atom. The van der Waals surface area contributed by atoms with Gasteiger partial charge in [0.2, 0.25) is 0 Å². The van der Waals surface area contributed by atoms with Crippen LogP contribution in [0.4, 0.5) is 10.7 Å². The summed E-state index contributed by atoms with van der Waals surface area (Å²) in [6.07, 6.45) is 1.05. The van der Waals surface area contributed by atoms with E-state index in [0.717, 1.165) is 19.4 Å². The number of carbonyl (C=O) groups excluding carboxylic acids is 2. The van der Waals surface area contributed by atoms with Gasteiger partial charge >= 0.3 is 5.97 Å². The highest BCUT2D eigenvalue weighted by Crippen LogP contribution is 2.23. The monoisotopic (exact) mass is 371 g/mol. The minimum Gasteiger partial charge on any atom is -0.449 e. The summed E-state index contributed by atoms with van der Waals surface area (Å²) in [6.45, 7) is 4.35. The molecule has 1 heterocycles. The zero-order chi connectivity index (χ0) is 18.9. The molecule has 1 atom stereocenters. The highest BCUT2D eigenvalue weighted by atomic mass is 32.1. The van der Waals surface area contributed by atoms with Gasteiger partial charge in [-0.05, 0) is 36.9 Å². The Morgan fingerprint density at radius 1 is 1.31 bits per heavy atom. The lowest BCUT2D eigenvalue weighted by Gasteiger charge is -2.15. The number of unbranched alkanes of at least 4 members (excludes halogenated alkanes) is 1. The number of nitrogens with zero attached hydrogens (tertiary/aromatic N) is 1. The Labute approximate surface area is 156 Å². The Morgan fingerprint density at radius 2 is 2.08 bits per heavy atom. The van der Waals surface area contributed by atoms with Crippen LogP contribution in [0.15, 0.2) is 35.7 Å². The molecule has 1 aromatic carbocycles. The fraction of sp³-hybridized carbons (Fsp3) is 0.316. The number of anilines is 2. The quantitative estimate of drug-likeness (QED) is 0.540. The predicted molar refractivity (Wildman–Crippen MR) is 102 cm³/mol. The van der Waals surface area contributed by atoms with E-state index < -0.39 is 18.0 Å². The molecule has 2 aromatic rings. The summed E-state index contributed by atoms with van der Waals surface area (Å²) >= 11 is 1.24. The molecule has 7 heteroatoms. The molecule has 1 amide bonds. The molecule has 0 fully saturated rings. The van der Waals surface area contributed by atoms with Crippen molar-refractivity contribution in [2.24, 2.45) is 0 Å². The Hall–Kier alpha value is -2.85. The van der Waals surface area contributed by atoms with Crippen LogP contribution in [0.25, 0.3) is 0 Å². The molecule has 6 nitrogen and oxygen atoms in total. The normalized spacial score (nSPS) is 11.3. The summed E-state index contributed by atoms with van der Waals surface area (Å²) in [5.74, 6) is -1.05. The van der Waals surface area contributed by atoms with Gasteiger partial charge in [0.15, 0.2) is 6.10 Å². The van der Waals surface area contributed by atoms with Crippen LogP contribution in [0.1, 0.15) is 42.6 Å². The van der Waals surface area contributed by atoms with Crippen molar-refractivity contribution in [3.63, 3.8) is 0 Å². The molecule has 0 unspecified atom stereocenters. The standard InChI is InChI=1S/C19H21N3O3S/c1-3-4-10-21-16-8-6-5-7-15(16)19(24)25-13(2)17(23)22-18-14(12-20)9-11-26-18/h5-9,11,13,21H,3-4,10H2,1-2H3,(H,22,23)/t13-/m1/s1. The van der Waals surface area contributed by atoms with Gasteiger partial charge in [0.25, 0.3) is 5.91 Å². The van der Waals surface area contributed by atoms with Crippen molar-refractivity contribution < 1.29 is 14.3 Å². The lowest BCUT2D eigenvalue weighted by Crippen LogP contribution is -2.30. The van der Waals surface area contributed by atoms with Gasteiger partial charge in [-0.15, -0.1) is 11.3 Å². The van der Waals surface area contributed by atoms with Gasteiger partial charge in [-0.3, -0.25) is 4.79 Å². The van der Waals surface area contributed by atoms with E-state index in [-0.39, 0.29) is 0 Å². The summed E-state index contributed by atoms with van der Waals surface area (Å²) in [7, 11) is 0. The van der Waals surface area contributed by atoms with Gasteiger partial charge in [0.05, 0.1) is 11.1 Å². The molecule has 0 aliphatic rings. The fourth-order valence-electron chi connectivity index (χ4n) is 2.20. The molecular formula is C19H21N3O3S. The molecule has 0 spiro atoms. The predicted octanol–water partition coefficient (Wildman–Crippen LogP) is 4.02. The van der Waals surface area contributed by atoms with Gasteiger partial charge in [-0.25, -0.2) is 4.79 Å². The number of benzene rings is 1. The van der Waals surface area contributed by atoms with E-state index in [4.69, 9.17) is 10.00 Å². The molecular weight excluding hydrogens is 350 g/mol. The number of nitrogens with one attached hydrogen (secondary N) is 2. The second-order valence-corrected chi connectivity index (χ2v) is 6.55. The van der Waals surface area contributed by atoms with E-state index in [9.17, 15) is 9.59 Å². The number of thiophene rings is 1. The van der Waals surface area contributed by atoms with Crippen molar-refractivity contribution >= 4 is 33.9 Å². The Balaban J connectivity index is 2.00. The van der Waals surface area contributed by atoms with Gasteiger partial charge < -0.3 is 15.4 Å². The van der Waals surface area contributed by atoms with E-state index in [0.29, 0.717) is 21.8 Å². The lowest BCUT2D eigenvalue weighted by molar-refractivity contribution is -0.123. The van der Waals surface area contributed by atoms with E-state index in [2.05, 4.69) is 17.6 Å². The van der Waals surface area contributed by atoms with Crippen LogP contribution in [0, 0.1) is 11.3 Å². The average molecular weight is 371 g/mol. The second-order valence-electron chi connectivity index (χ2n) is 5.64. The third-order valence-electron chi connectivity index (χ3n) is 3.67. The Kier molecular flexibility index (Phi) is 7.18. The molecule has 0 saturated heterocycles. The van der Waals surface area contributed by atoms with Crippen LogP contribution < -0.4 is 10.6 Å². The number of nitriles is 1. The van der Waals surface area contributed by atoms with Crippen LogP contribution in [-0.4, -0.2) is 24.5 Å². The smallest absolute Gasteiger partial charge is 0.341 e. The topological polar surface area (TPSA) is 91.2 Å². The van der Waals surface area contributed by atoms with E-state index >= 15 is 0 Å². The number of ether oxygens (including phenoxy) is 1. The molecule has 0 aliphatic carbocycles. The summed E-state index contributed by atoms with van der Waals surface area (Å²) in [5.41, 5.74) is 1.45. The van der Waals surface area contributed by atoms with Crippen molar-refractivity contribution in [3.05, 3.63) is 46.8 Å².